The van der Waals surface area contributed by atoms with Crippen molar-refractivity contribution in [2.24, 2.45) is 0 Å². The lowest BCUT2D eigenvalue weighted by Gasteiger charge is -2.12. The molecule has 1 heterocycles. The molecule has 0 saturated heterocycles. The maximum atomic E-state index is 12.5. The topological polar surface area (TPSA) is 84.7 Å². The van der Waals surface area contributed by atoms with E-state index in [1.54, 1.807) is 6.92 Å². The number of hydrogen-bond acceptors (Lipinski definition) is 5. The molecule has 1 atom stereocenters. The van der Waals surface area contributed by atoms with E-state index in [2.05, 4.69) is 33.0 Å². The van der Waals surface area contributed by atoms with Gasteiger partial charge in [-0.25, -0.2) is 0 Å². The van der Waals surface area contributed by atoms with Crippen LogP contribution in [-0.4, -0.2) is 32.7 Å². The fourth-order valence-electron chi connectivity index (χ4n) is 2.47. The molecule has 1 amide bonds. The Kier molecular flexibility index (Phi) is 5.70. The minimum absolute atomic E-state index is 0.192. The minimum atomic E-state index is -0.572. The highest BCUT2D eigenvalue weighted by Crippen LogP contribution is 2.16. The predicted molar refractivity (Wildman–Crippen MR) is 100 cm³/mol. The van der Waals surface area contributed by atoms with Gasteiger partial charge in [-0.1, -0.05) is 49.4 Å². The van der Waals surface area contributed by atoms with Crippen molar-refractivity contribution in [1.82, 2.24) is 25.5 Å². The molecule has 1 unspecified atom stereocenters. The first kappa shape index (κ1) is 17.8. The Morgan fingerprint density at radius 2 is 1.96 bits per heavy atom. The molecule has 0 aliphatic rings. The number of benzene rings is 2. The summed E-state index contributed by atoms with van der Waals surface area (Å²) in [4.78, 5) is 13.9. The van der Waals surface area contributed by atoms with Gasteiger partial charge in [-0.2, -0.15) is 4.80 Å². The number of anilines is 1. The van der Waals surface area contributed by atoms with Crippen LogP contribution in [0.5, 0.6) is 0 Å². The number of rotatable bonds is 7. The molecule has 0 fully saturated rings. The normalized spacial score (nSPS) is 11.9. The maximum Gasteiger partial charge on any atom is 0.250 e. The molecule has 134 valence electrons. The monoisotopic (exact) mass is 350 g/mol. The van der Waals surface area contributed by atoms with Crippen molar-refractivity contribution in [1.29, 1.82) is 0 Å². The fourth-order valence-corrected chi connectivity index (χ4v) is 2.47. The fraction of sp³-hybridized carbons (Fsp3) is 0.263. The van der Waals surface area contributed by atoms with Crippen LogP contribution in [0.1, 0.15) is 25.5 Å². The molecular weight excluding hydrogens is 328 g/mol. The molecule has 0 spiro atoms. The van der Waals surface area contributed by atoms with E-state index in [0.717, 1.165) is 29.9 Å². The molecule has 7 heteroatoms. The third kappa shape index (κ3) is 4.31. The first-order valence-electron chi connectivity index (χ1n) is 8.63. The van der Waals surface area contributed by atoms with Crippen molar-refractivity contribution in [3.05, 3.63) is 60.2 Å². The standard InChI is InChI=1S/C19H22N6O/c1-3-20-13-15-8-7-11-17(12-15)21-19(26)14(2)25-23-18(22-24-25)16-9-5-4-6-10-16/h4-12,14,20H,3,13H2,1-2H3,(H,21,26). The van der Waals surface area contributed by atoms with Gasteiger partial charge in [0.05, 0.1) is 0 Å². The highest BCUT2D eigenvalue weighted by Gasteiger charge is 2.19. The molecule has 3 rings (SSSR count). The number of aromatic nitrogens is 4. The second kappa shape index (κ2) is 8.35. The Morgan fingerprint density at radius 1 is 1.15 bits per heavy atom. The van der Waals surface area contributed by atoms with Crippen molar-refractivity contribution in [2.75, 3.05) is 11.9 Å². The number of carbonyl (C=O) groups is 1. The van der Waals surface area contributed by atoms with Crippen molar-refractivity contribution in [3.8, 4) is 11.4 Å². The summed E-state index contributed by atoms with van der Waals surface area (Å²) in [5.74, 6) is 0.306. The average Bonchev–Trinajstić information content (AvgIpc) is 3.17. The third-order valence-corrected chi connectivity index (χ3v) is 3.96. The summed E-state index contributed by atoms with van der Waals surface area (Å²) in [5.41, 5.74) is 2.73. The molecule has 2 N–H and O–H groups in total. The van der Waals surface area contributed by atoms with Crippen LogP contribution in [0.4, 0.5) is 5.69 Å². The van der Waals surface area contributed by atoms with Crippen molar-refractivity contribution < 1.29 is 4.79 Å². The Bertz CT molecular complexity index is 861. The lowest BCUT2D eigenvalue weighted by molar-refractivity contribution is -0.119. The van der Waals surface area contributed by atoms with Crippen molar-refractivity contribution in [2.45, 2.75) is 26.4 Å². The highest BCUT2D eigenvalue weighted by molar-refractivity contribution is 5.93. The number of nitrogens with zero attached hydrogens (tertiary/aromatic N) is 4. The van der Waals surface area contributed by atoms with Crippen LogP contribution in [0.3, 0.4) is 0 Å². The van der Waals surface area contributed by atoms with Crippen LogP contribution in [-0.2, 0) is 11.3 Å². The third-order valence-electron chi connectivity index (χ3n) is 3.96. The highest BCUT2D eigenvalue weighted by atomic mass is 16.2. The number of carbonyl (C=O) groups excluding carboxylic acids is 1. The molecule has 2 aromatic carbocycles. The van der Waals surface area contributed by atoms with E-state index in [1.165, 1.54) is 4.80 Å². The Hall–Kier alpha value is -3.06. The number of hydrogen-bond donors (Lipinski definition) is 2. The summed E-state index contributed by atoms with van der Waals surface area (Å²) in [7, 11) is 0. The van der Waals surface area contributed by atoms with Crippen LogP contribution in [0.2, 0.25) is 0 Å². The van der Waals surface area contributed by atoms with Gasteiger partial charge in [0, 0.05) is 17.8 Å². The van der Waals surface area contributed by atoms with E-state index >= 15 is 0 Å². The first-order chi connectivity index (χ1) is 12.7. The molecule has 0 radical (unpaired) electrons. The van der Waals surface area contributed by atoms with E-state index in [1.807, 2.05) is 54.6 Å². The lowest BCUT2D eigenvalue weighted by Crippen LogP contribution is -2.25. The van der Waals surface area contributed by atoms with E-state index in [-0.39, 0.29) is 5.91 Å². The lowest BCUT2D eigenvalue weighted by atomic mass is 10.2. The van der Waals surface area contributed by atoms with Gasteiger partial charge in [0.25, 0.3) is 5.91 Å². The van der Waals surface area contributed by atoms with Crippen LogP contribution in [0.25, 0.3) is 11.4 Å². The summed E-state index contributed by atoms with van der Waals surface area (Å²) in [6.07, 6.45) is 0. The first-order valence-corrected chi connectivity index (χ1v) is 8.63. The molecule has 0 aliphatic carbocycles. The van der Waals surface area contributed by atoms with Gasteiger partial charge < -0.3 is 10.6 Å². The van der Waals surface area contributed by atoms with Crippen LogP contribution >= 0.6 is 0 Å². The van der Waals surface area contributed by atoms with Crippen LogP contribution in [0.15, 0.2) is 54.6 Å². The van der Waals surface area contributed by atoms with E-state index in [0.29, 0.717) is 5.82 Å². The molecular formula is C19H22N6O. The Morgan fingerprint density at radius 3 is 2.73 bits per heavy atom. The SMILES string of the molecule is CCNCc1cccc(NC(=O)C(C)n2nnc(-c3ccccc3)n2)c1. The van der Waals surface area contributed by atoms with Gasteiger partial charge in [-0.3, -0.25) is 4.79 Å². The zero-order chi connectivity index (χ0) is 18.4. The Balaban J connectivity index is 1.68. The Labute approximate surface area is 152 Å². The second-order valence-corrected chi connectivity index (χ2v) is 5.95. The van der Waals surface area contributed by atoms with Crippen LogP contribution in [0, 0.1) is 0 Å². The number of amides is 1. The molecule has 0 bridgehead atoms. The summed E-state index contributed by atoms with van der Waals surface area (Å²) in [6.45, 7) is 5.46. The zero-order valence-corrected chi connectivity index (χ0v) is 14.9. The molecule has 3 aromatic rings. The molecule has 7 nitrogen and oxygen atoms in total. The minimum Gasteiger partial charge on any atom is -0.324 e. The number of tetrazole rings is 1. The maximum absolute atomic E-state index is 12.5. The summed E-state index contributed by atoms with van der Waals surface area (Å²) < 4.78 is 0. The molecule has 0 aliphatic heterocycles. The van der Waals surface area contributed by atoms with Crippen LogP contribution < -0.4 is 10.6 Å². The molecule has 0 saturated carbocycles. The van der Waals surface area contributed by atoms with Crippen molar-refractivity contribution >= 4 is 11.6 Å². The molecule has 1 aromatic heterocycles. The van der Waals surface area contributed by atoms with Gasteiger partial charge in [0.15, 0.2) is 0 Å². The quantitative estimate of drug-likeness (QED) is 0.684. The predicted octanol–water partition coefficient (Wildman–Crippen LogP) is 2.65. The van der Waals surface area contributed by atoms with Gasteiger partial charge in [0.1, 0.15) is 6.04 Å². The van der Waals surface area contributed by atoms with E-state index < -0.39 is 6.04 Å². The van der Waals surface area contributed by atoms with E-state index in [9.17, 15) is 4.79 Å². The van der Waals surface area contributed by atoms with Gasteiger partial charge in [-0.05, 0) is 36.4 Å². The largest absolute Gasteiger partial charge is 0.324 e. The van der Waals surface area contributed by atoms with Gasteiger partial charge >= 0.3 is 0 Å². The smallest absolute Gasteiger partial charge is 0.250 e. The van der Waals surface area contributed by atoms with Crippen molar-refractivity contribution in [3.63, 3.8) is 0 Å². The summed E-state index contributed by atoms with van der Waals surface area (Å²) in [6, 6.07) is 16.7. The zero-order valence-electron chi connectivity index (χ0n) is 14.9. The number of nitrogens with one attached hydrogen (secondary N) is 2. The van der Waals surface area contributed by atoms with E-state index in [4.69, 9.17) is 0 Å². The van der Waals surface area contributed by atoms with Gasteiger partial charge in [-0.15, -0.1) is 10.2 Å². The summed E-state index contributed by atoms with van der Waals surface area (Å²) in [5, 5.41) is 18.6. The molecule has 26 heavy (non-hydrogen) atoms. The van der Waals surface area contributed by atoms with Gasteiger partial charge in [0.2, 0.25) is 5.82 Å². The summed E-state index contributed by atoms with van der Waals surface area (Å²) >= 11 is 0. The average molecular weight is 350 g/mol. The second-order valence-electron chi connectivity index (χ2n) is 5.95.